The molecular weight excluding hydrogens is 366 g/mol. The second-order valence-electron chi connectivity index (χ2n) is 4.95. The summed E-state index contributed by atoms with van der Waals surface area (Å²) in [7, 11) is -4.12. The second kappa shape index (κ2) is 12.7. The maximum atomic E-state index is 10.7. The first kappa shape index (κ1) is 25.3. The van der Waals surface area contributed by atoms with Crippen molar-refractivity contribution < 1.29 is 74.9 Å². The van der Waals surface area contributed by atoms with E-state index in [0.717, 1.165) is 0 Å². The zero-order valence-corrected chi connectivity index (χ0v) is 19.9. The molecule has 6 heteroatoms. The minimum absolute atomic E-state index is 0. The molecule has 0 saturated carbocycles. The minimum atomic E-state index is -4.12. The Bertz CT molecular complexity index is 870. The van der Waals surface area contributed by atoms with Crippen molar-refractivity contribution in [3.8, 4) is 11.1 Å². The number of benzene rings is 3. The smallest absolute Gasteiger partial charge is 1.00 e. The first-order chi connectivity index (χ1) is 11.5. The van der Waals surface area contributed by atoms with Gasteiger partial charge in [-0.1, -0.05) is 91.5 Å². The van der Waals surface area contributed by atoms with Gasteiger partial charge in [0.1, 0.15) is 4.90 Å². The molecule has 0 saturated heterocycles. The molecule has 0 aliphatic heterocycles. The molecule has 26 heavy (non-hydrogen) atoms. The molecule has 0 fully saturated rings. The fourth-order valence-corrected chi connectivity index (χ4v) is 2.85. The van der Waals surface area contributed by atoms with Gasteiger partial charge in [-0.2, -0.15) is 8.42 Å². The Labute approximate surface area is 202 Å². The Balaban J connectivity index is -0.000000391. The van der Waals surface area contributed by atoms with Crippen LogP contribution in [0.25, 0.3) is 17.2 Å². The van der Waals surface area contributed by atoms with Crippen molar-refractivity contribution in [3.05, 3.63) is 97.1 Å². The number of rotatable bonds is 3. The third-order valence-corrected chi connectivity index (χ3v) is 4.23. The van der Waals surface area contributed by atoms with E-state index in [0.29, 0.717) is 5.56 Å². The molecule has 0 bridgehead atoms. The van der Waals surface area contributed by atoms with E-state index in [-0.39, 0.29) is 66.9 Å². The molecular formula is C20H20Na2O3S. The van der Waals surface area contributed by atoms with Crippen molar-refractivity contribution in [2.45, 2.75) is 4.90 Å². The molecule has 3 nitrogen and oxygen atoms in total. The van der Waals surface area contributed by atoms with E-state index >= 15 is 0 Å². The molecule has 126 valence electrons. The third kappa shape index (κ3) is 7.91. The van der Waals surface area contributed by atoms with E-state index < -0.39 is 10.1 Å². The van der Waals surface area contributed by atoms with E-state index in [9.17, 15) is 8.42 Å². The van der Waals surface area contributed by atoms with E-state index in [2.05, 4.69) is 55.1 Å². The van der Waals surface area contributed by atoms with Crippen LogP contribution in [0.3, 0.4) is 0 Å². The quantitative estimate of drug-likeness (QED) is 0.472. The number of hydrogen-bond donors (Lipinski definition) is 1. The maximum Gasteiger partial charge on any atom is 1.00 e. The van der Waals surface area contributed by atoms with Gasteiger partial charge in [0.15, 0.2) is 0 Å². The summed E-state index contributed by atoms with van der Waals surface area (Å²) in [5, 5.41) is 0. The molecule has 0 spiro atoms. The first-order valence-electron chi connectivity index (χ1n) is 7.32. The summed E-state index contributed by atoms with van der Waals surface area (Å²) in [6, 6.07) is 26.9. The van der Waals surface area contributed by atoms with Gasteiger partial charge in [-0.05, 0) is 22.8 Å². The summed E-state index contributed by atoms with van der Waals surface area (Å²) in [4.78, 5) is -0.111. The monoisotopic (exact) mass is 386 g/mol. The van der Waals surface area contributed by atoms with Gasteiger partial charge in [-0.15, -0.1) is 0 Å². The van der Waals surface area contributed by atoms with Gasteiger partial charge in [0.2, 0.25) is 0 Å². The van der Waals surface area contributed by atoms with E-state index in [4.69, 9.17) is 4.55 Å². The van der Waals surface area contributed by atoms with Crippen LogP contribution >= 0.6 is 0 Å². The Morgan fingerprint density at radius 3 is 1.46 bits per heavy atom. The van der Waals surface area contributed by atoms with Crippen LogP contribution in [0.5, 0.6) is 0 Å². The molecule has 0 atom stereocenters. The van der Waals surface area contributed by atoms with Crippen LogP contribution in [0.1, 0.15) is 8.42 Å². The van der Waals surface area contributed by atoms with E-state index in [1.54, 1.807) is 12.1 Å². The summed E-state index contributed by atoms with van der Waals surface area (Å²) < 4.78 is 30.2. The Morgan fingerprint density at radius 1 is 0.731 bits per heavy atom. The van der Waals surface area contributed by atoms with Crippen LogP contribution in [-0.2, 0) is 10.1 Å². The van der Waals surface area contributed by atoms with Gasteiger partial charge < -0.3 is 2.85 Å². The average molecular weight is 386 g/mol. The van der Waals surface area contributed by atoms with Crippen molar-refractivity contribution in [2.75, 3.05) is 0 Å². The zero-order valence-electron chi connectivity index (χ0n) is 17.0. The average Bonchev–Trinajstić information content (AvgIpc) is 2.63. The van der Waals surface area contributed by atoms with Gasteiger partial charge >= 0.3 is 59.1 Å². The van der Waals surface area contributed by atoms with Crippen LogP contribution in [0.2, 0.25) is 0 Å². The van der Waals surface area contributed by atoms with Crippen molar-refractivity contribution >= 4 is 16.2 Å². The Morgan fingerprint density at radius 2 is 1.12 bits per heavy atom. The van der Waals surface area contributed by atoms with Crippen LogP contribution in [0, 0.1) is 0 Å². The third-order valence-electron chi connectivity index (χ3n) is 3.30. The normalized spacial score (nSPS) is 9.58. The first-order valence-corrected chi connectivity index (χ1v) is 8.76. The standard InChI is InChI=1S/C12H10.C8H8O3S.2Na.2H/c1-3-7-11(8-4-1)12-9-5-2-6-10-12;1-2-7-5-3-4-6-8(7)12(9,10)11;;;;/h1-10H;2-6H,1H2,(H,9,10,11);;;;/q;;2*+1;2*-1. The van der Waals surface area contributed by atoms with Crippen molar-refractivity contribution in [2.24, 2.45) is 0 Å². The topological polar surface area (TPSA) is 54.4 Å². The molecule has 0 heterocycles. The predicted octanol–water partition coefficient (Wildman–Crippen LogP) is -0.837. The molecule has 0 aliphatic rings. The van der Waals surface area contributed by atoms with Crippen molar-refractivity contribution in [1.82, 2.24) is 0 Å². The molecule has 3 aromatic rings. The van der Waals surface area contributed by atoms with Crippen molar-refractivity contribution in [1.29, 1.82) is 0 Å². The second-order valence-corrected chi connectivity index (χ2v) is 6.34. The van der Waals surface area contributed by atoms with E-state index in [1.165, 1.54) is 29.3 Å². The summed E-state index contributed by atoms with van der Waals surface area (Å²) in [6.45, 7) is 3.43. The van der Waals surface area contributed by atoms with Gasteiger partial charge in [-0.25, -0.2) is 0 Å². The summed E-state index contributed by atoms with van der Waals surface area (Å²) >= 11 is 0. The molecule has 0 unspecified atom stereocenters. The van der Waals surface area contributed by atoms with Crippen LogP contribution in [0.4, 0.5) is 0 Å². The van der Waals surface area contributed by atoms with Gasteiger partial charge in [-0.3, -0.25) is 4.55 Å². The SMILES string of the molecule is C=Cc1ccccc1S(=O)(=O)O.[H-].[H-].[Na+].[Na+].c1ccc(-c2ccccc2)cc1. The largest absolute Gasteiger partial charge is 1.00 e. The summed E-state index contributed by atoms with van der Waals surface area (Å²) in [5.74, 6) is 0. The minimum Gasteiger partial charge on any atom is -1.00 e. The molecule has 3 rings (SSSR count). The molecule has 0 amide bonds. The summed E-state index contributed by atoms with van der Waals surface area (Å²) in [5.41, 5.74) is 2.95. The molecule has 3 aromatic carbocycles. The van der Waals surface area contributed by atoms with Crippen LogP contribution < -0.4 is 59.1 Å². The van der Waals surface area contributed by atoms with Crippen molar-refractivity contribution in [3.63, 3.8) is 0 Å². The molecule has 0 aromatic heterocycles. The van der Waals surface area contributed by atoms with Crippen LogP contribution in [0.15, 0.2) is 96.4 Å². The van der Waals surface area contributed by atoms with Gasteiger partial charge in [0, 0.05) is 0 Å². The van der Waals surface area contributed by atoms with Gasteiger partial charge in [0.05, 0.1) is 0 Å². The molecule has 0 radical (unpaired) electrons. The maximum absolute atomic E-state index is 10.7. The van der Waals surface area contributed by atoms with Crippen LogP contribution in [-0.4, -0.2) is 13.0 Å². The van der Waals surface area contributed by atoms with Gasteiger partial charge in [0.25, 0.3) is 10.1 Å². The summed E-state index contributed by atoms with van der Waals surface area (Å²) in [6.07, 6.45) is 1.38. The molecule has 0 aliphatic carbocycles. The fraction of sp³-hybridized carbons (Fsp3) is 0. The molecule has 1 N–H and O–H groups in total. The number of hydrogen-bond acceptors (Lipinski definition) is 2. The van der Waals surface area contributed by atoms with E-state index in [1.807, 2.05) is 12.1 Å². The Hall–Kier alpha value is -0.690. The zero-order chi connectivity index (χ0) is 17.4. The predicted molar refractivity (Wildman–Crippen MR) is 100 cm³/mol. The fourth-order valence-electron chi connectivity index (χ4n) is 2.15. The Kier molecular flexibility index (Phi) is 12.3.